The molecule has 0 saturated carbocycles. The van der Waals surface area contributed by atoms with Gasteiger partial charge in [0, 0.05) is 41.1 Å². The van der Waals surface area contributed by atoms with Crippen molar-refractivity contribution in [3.63, 3.8) is 0 Å². The van der Waals surface area contributed by atoms with E-state index >= 15 is 0 Å². The first-order chi connectivity index (χ1) is 12.9. The van der Waals surface area contributed by atoms with Crippen molar-refractivity contribution in [1.82, 2.24) is 9.88 Å². The standard InChI is InChI=1S/C20H14Cl3FN2O/c21-16-5-3-15(17(22)9-16)12-26(11-13-2-1-7-25-10-13)20(27)14-4-6-19(24)18(23)8-14/h1-10H,11-12H2. The van der Waals surface area contributed by atoms with Crippen molar-refractivity contribution >= 4 is 40.7 Å². The normalized spacial score (nSPS) is 10.7. The number of carbonyl (C=O) groups is 1. The van der Waals surface area contributed by atoms with Crippen LogP contribution in [0.4, 0.5) is 4.39 Å². The van der Waals surface area contributed by atoms with E-state index in [1.54, 1.807) is 41.6 Å². The third-order valence-corrected chi connectivity index (χ3v) is 4.80. The van der Waals surface area contributed by atoms with Crippen LogP contribution < -0.4 is 0 Å². The van der Waals surface area contributed by atoms with E-state index in [4.69, 9.17) is 34.8 Å². The zero-order valence-corrected chi connectivity index (χ0v) is 16.3. The number of nitrogens with zero attached hydrogens (tertiary/aromatic N) is 2. The van der Waals surface area contributed by atoms with E-state index in [2.05, 4.69) is 4.98 Å². The van der Waals surface area contributed by atoms with Gasteiger partial charge in [-0.3, -0.25) is 9.78 Å². The van der Waals surface area contributed by atoms with Gasteiger partial charge in [-0.05, 0) is 47.5 Å². The molecule has 0 spiro atoms. The highest BCUT2D eigenvalue weighted by atomic mass is 35.5. The molecule has 0 fully saturated rings. The monoisotopic (exact) mass is 422 g/mol. The van der Waals surface area contributed by atoms with Crippen molar-refractivity contribution in [2.24, 2.45) is 0 Å². The van der Waals surface area contributed by atoms with Crippen LogP contribution in [-0.2, 0) is 13.1 Å². The molecule has 1 heterocycles. The van der Waals surface area contributed by atoms with Crippen molar-refractivity contribution in [2.75, 3.05) is 0 Å². The molecule has 0 unspecified atom stereocenters. The Hall–Kier alpha value is -2.14. The molecule has 0 atom stereocenters. The molecule has 0 bridgehead atoms. The fourth-order valence-electron chi connectivity index (χ4n) is 2.58. The fourth-order valence-corrected chi connectivity index (χ4v) is 3.23. The number of hydrogen-bond donors (Lipinski definition) is 0. The lowest BCUT2D eigenvalue weighted by atomic mass is 10.1. The number of hydrogen-bond acceptors (Lipinski definition) is 2. The summed E-state index contributed by atoms with van der Waals surface area (Å²) in [6, 6.07) is 12.7. The van der Waals surface area contributed by atoms with Gasteiger partial charge in [0.15, 0.2) is 0 Å². The van der Waals surface area contributed by atoms with Crippen LogP contribution in [0.25, 0.3) is 0 Å². The van der Waals surface area contributed by atoms with Gasteiger partial charge in [-0.2, -0.15) is 0 Å². The van der Waals surface area contributed by atoms with Gasteiger partial charge >= 0.3 is 0 Å². The van der Waals surface area contributed by atoms with E-state index < -0.39 is 5.82 Å². The number of benzene rings is 2. The van der Waals surface area contributed by atoms with Crippen LogP contribution >= 0.6 is 34.8 Å². The number of amides is 1. The van der Waals surface area contributed by atoms with E-state index in [1.165, 1.54) is 18.2 Å². The molecule has 0 saturated heterocycles. The van der Waals surface area contributed by atoms with E-state index in [9.17, 15) is 9.18 Å². The first-order valence-electron chi connectivity index (χ1n) is 8.01. The van der Waals surface area contributed by atoms with Crippen molar-refractivity contribution in [3.8, 4) is 0 Å². The third-order valence-electron chi connectivity index (χ3n) is 3.93. The Bertz CT molecular complexity index is 967. The lowest BCUT2D eigenvalue weighted by Crippen LogP contribution is -2.30. The predicted octanol–water partition coefficient (Wildman–Crippen LogP) is 6.02. The van der Waals surface area contributed by atoms with E-state index in [0.29, 0.717) is 16.6 Å². The van der Waals surface area contributed by atoms with Crippen LogP contribution in [0.1, 0.15) is 21.5 Å². The van der Waals surface area contributed by atoms with Crippen LogP contribution in [-0.4, -0.2) is 15.8 Å². The quantitative estimate of drug-likeness (QED) is 0.502. The van der Waals surface area contributed by atoms with Gasteiger partial charge in [0.2, 0.25) is 0 Å². The van der Waals surface area contributed by atoms with E-state index in [1.807, 2.05) is 6.07 Å². The molecule has 1 aromatic heterocycles. The lowest BCUT2D eigenvalue weighted by Gasteiger charge is -2.24. The Balaban J connectivity index is 1.93. The summed E-state index contributed by atoms with van der Waals surface area (Å²) in [6.07, 6.45) is 3.34. The molecule has 3 rings (SSSR count). The largest absolute Gasteiger partial charge is 0.330 e. The number of rotatable bonds is 5. The summed E-state index contributed by atoms with van der Waals surface area (Å²) in [5.74, 6) is -0.875. The van der Waals surface area contributed by atoms with Crippen molar-refractivity contribution in [2.45, 2.75) is 13.1 Å². The summed E-state index contributed by atoms with van der Waals surface area (Å²) < 4.78 is 13.5. The van der Waals surface area contributed by atoms with Gasteiger partial charge in [0.1, 0.15) is 5.82 Å². The second-order valence-corrected chi connectivity index (χ2v) is 7.14. The molecule has 138 valence electrons. The van der Waals surface area contributed by atoms with Crippen molar-refractivity contribution < 1.29 is 9.18 Å². The van der Waals surface area contributed by atoms with E-state index in [0.717, 1.165) is 11.1 Å². The molecule has 0 aliphatic rings. The zero-order chi connectivity index (χ0) is 19.4. The molecule has 0 aliphatic carbocycles. The summed E-state index contributed by atoms with van der Waals surface area (Å²) in [6.45, 7) is 0.555. The maximum Gasteiger partial charge on any atom is 0.254 e. The number of carbonyl (C=O) groups excluding carboxylic acids is 1. The Morgan fingerprint density at radius 3 is 2.48 bits per heavy atom. The second kappa shape index (κ2) is 8.70. The molecule has 27 heavy (non-hydrogen) atoms. The fraction of sp³-hybridized carbons (Fsp3) is 0.100. The Morgan fingerprint density at radius 2 is 1.81 bits per heavy atom. The lowest BCUT2D eigenvalue weighted by molar-refractivity contribution is 0.0730. The maximum absolute atomic E-state index is 13.5. The van der Waals surface area contributed by atoms with Crippen LogP contribution in [0, 0.1) is 5.82 Å². The highest BCUT2D eigenvalue weighted by Crippen LogP contribution is 2.24. The molecule has 7 heteroatoms. The second-order valence-electron chi connectivity index (χ2n) is 5.89. The van der Waals surface area contributed by atoms with Gasteiger partial charge in [0.05, 0.1) is 5.02 Å². The van der Waals surface area contributed by atoms with Crippen molar-refractivity contribution in [3.05, 3.63) is 98.5 Å². The molecular weight excluding hydrogens is 410 g/mol. The molecule has 3 nitrogen and oxygen atoms in total. The van der Waals surface area contributed by atoms with Gasteiger partial charge in [0.25, 0.3) is 5.91 Å². The summed E-state index contributed by atoms with van der Waals surface area (Å²) >= 11 is 18.1. The highest BCUT2D eigenvalue weighted by Gasteiger charge is 2.19. The first-order valence-corrected chi connectivity index (χ1v) is 9.14. The number of aromatic nitrogens is 1. The van der Waals surface area contributed by atoms with E-state index in [-0.39, 0.29) is 23.0 Å². The smallest absolute Gasteiger partial charge is 0.254 e. The van der Waals surface area contributed by atoms with Crippen LogP contribution in [0.15, 0.2) is 60.9 Å². The van der Waals surface area contributed by atoms with Gasteiger partial charge < -0.3 is 4.90 Å². The molecule has 3 aromatic rings. The molecule has 0 radical (unpaired) electrons. The molecule has 0 aliphatic heterocycles. The first kappa shape index (κ1) is 19.6. The molecule has 2 aromatic carbocycles. The minimum absolute atomic E-state index is 0.105. The maximum atomic E-state index is 13.5. The highest BCUT2D eigenvalue weighted by molar-refractivity contribution is 6.35. The average Bonchev–Trinajstić information content (AvgIpc) is 2.65. The Labute approximate surface area is 171 Å². The summed E-state index contributed by atoms with van der Waals surface area (Å²) in [7, 11) is 0. The number of halogens is 4. The summed E-state index contributed by atoms with van der Waals surface area (Å²) in [4.78, 5) is 18.7. The van der Waals surface area contributed by atoms with Gasteiger partial charge in [-0.25, -0.2) is 4.39 Å². The third kappa shape index (κ3) is 4.98. The Kier molecular flexibility index (Phi) is 6.32. The van der Waals surface area contributed by atoms with Crippen LogP contribution in [0.2, 0.25) is 15.1 Å². The topological polar surface area (TPSA) is 33.2 Å². The SMILES string of the molecule is O=C(c1ccc(F)c(Cl)c1)N(Cc1cccnc1)Cc1ccc(Cl)cc1Cl. The minimum atomic E-state index is -0.576. The van der Waals surface area contributed by atoms with Crippen LogP contribution in [0.3, 0.4) is 0 Å². The van der Waals surface area contributed by atoms with Gasteiger partial charge in [-0.15, -0.1) is 0 Å². The molecule has 0 N–H and O–H groups in total. The predicted molar refractivity (Wildman–Crippen MR) is 106 cm³/mol. The summed E-state index contributed by atoms with van der Waals surface area (Å²) in [5, 5.41) is 0.870. The van der Waals surface area contributed by atoms with Gasteiger partial charge in [-0.1, -0.05) is 46.9 Å². The number of pyridine rings is 1. The molecular formula is C20H14Cl3FN2O. The average molecular weight is 424 g/mol. The Morgan fingerprint density at radius 1 is 1.00 bits per heavy atom. The minimum Gasteiger partial charge on any atom is -0.330 e. The van der Waals surface area contributed by atoms with Crippen molar-refractivity contribution in [1.29, 1.82) is 0 Å². The summed E-state index contributed by atoms with van der Waals surface area (Å²) in [5.41, 5.74) is 1.88. The zero-order valence-electron chi connectivity index (χ0n) is 14.0. The molecule has 1 amide bonds. The van der Waals surface area contributed by atoms with Crippen LogP contribution in [0.5, 0.6) is 0 Å².